The number of hydrogen-bond donors (Lipinski definition) is 0. The first-order chi connectivity index (χ1) is 11.5. The van der Waals surface area contributed by atoms with Gasteiger partial charge in [0.25, 0.3) is 0 Å². The van der Waals surface area contributed by atoms with E-state index in [4.69, 9.17) is 0 Å². The van der Waals surface area contributed by atoms with Gasteiger partial charge in [0.1, 0.15) is 0 Å². The number of allylic oxidation sites excluding steroid dienone is 6. The van der Waals surface area contributed by atoms with Gasteiger partial charge in [-0.1, -0.05) is 103 Å². The first-order valence-electron chi connectivity index (χ1n) is 9.65. The highest BCUT2D eigenvalue weighted by Gasteiger charge is 2.21. The predicted molar refractivity (Wildman–Crippen MR) is 115 cm³/mol. The third kappa shape index (κ3) is 6.69. The summed E-state index contributed by atoms with van der Waals surface area (Å²) in [6.45, 7) is 20.3. The fraction of sp³-hybridized carbons (Fsp3) is 0.520. The van der Waals surface area contributed by atoms with Crippen LogP contribution >= 0.6 is 0 Å². The molecule has 1 aromatic carbocycles. The molecule has 0 atom stereocenters. The first kappa shape index (κ1) is 21.5. The third-order valence-corrected chi connectivity index (χ3v) is 4.67. The van der Waals surface area contributed by atoms with Gasteiger partial charge in [-0.25, -0.2) is 0 Å². The maximum atomic E-state index is 2.40. The second-order valence-electron chi connectivity index (χ2n) is 9.13. The van der Waals surface area contributed by atoms with E-state index in [-0.39, 0.29) is 10.8 Å². The lowest BCUT2D eigenvalue weighted by atomic mass is 9.78. The van der Waals surface area contributed by atoms with Gasteiger partial charge in [0.15, 0.2) is 0 Å². The zero-order valence-corrected chi connectivity index (χ0v) is 18.0. The minimum Gasteiger partial charge on any atom is -0.0847 e. The molecule has 0 unspecified atom stereocenters. The van der Waals surface area contributed by atoms with E-state index in [2.05, 4.69) is 105 Å². The third-order valence-electron chi connectivity index (χ3n) is 4.67. The average Bonchev–Trinajstić information content (AvgIpc) is 2.51. The highest BCUT2D eigenvalue weighted by atomic mass is 14.3. The highest BCUT2D eigenvalue weighted by molar-refractivity contribution is 5.69. The summed E-state index contributed by atoms with van der Waals surface area (Å²) in [6.07, 6.45) is 11.1. The zero-order valence-electron chi connectivity index (χ0n) is 18.0. The average molecular weight is 339 g/mol. The van der Waals surface area contributed by atoms with Crippen LogP contribution in [0.25, 0.3) is 5.57 Å². The van der Waals surface area contributed by atoms with Crippen molar-refractivity contribution >= 4 is 5.57 Å². The summed E-state index contributed by atoms with van der Waals surface area (Å²) in [7, 11) is 0. The van der Waals surface area contributed by atoms with E-state index in [1.54, 1.807) is 0 Å². The van der Waals surface area contributed by atoms with Crippen LogP contribution in [0.2, 0.25) is 0 Å². The Morgan fingerprint density at radius 2 is 1.44 bits per heavy atom. The monoisotopic (exact) mass is 338 g/mol. The highest BCUT2D eigenvalue weighted by Crippen LogP contribution is 2.33. The van der Waals surface area contributed by atoms with Crippen molar-refractivity contribution in [2.45, 2.75) is 86.0 Å². The largest absolute Gasteiger partial charge is 0.0847 e. The molecule has 0 aliphatic carbocycles. The first-order valence-corrected chi connectivity index (χ1v) is 9.65. The van der Waals surface area contributed by atoms with E-state index in [1.165, 1.54) is 27.8 Å². The predicted octanol–water partition coefficient (Wildman–Crippen LogP) is 7.99. The van der Waals surface area contributed by atoms with Crippen LogP contribution in [0.1, 0.15) is 91.8 Å². The van der Waals surface area contributed by atoms with Crippen molar-refractivity contribution in [3.8, 4) is 0 Å². The normalized spacial score (nSPS) is 14.4. The molecule has 0 radical (unpaired) electrons. The Balaban J connectivity index is 3.48. The Bertz CT molecular complexity index is 620. The van der Waals surface area contributed by atoms with Crippen molar-refractivity contribution in [1.29, 1.82) is 0 Å². The van der Waals surface area contributed by atoms with Crippen LogP contribution in [0.4, 0.5) is 0 Å². The Morgan fingerprint density at radius 3 is 1.84 bits per heavy atom. The molecule has 0 aliphatic rings. The van der Waals surface area contributed by atoms with Gasteiger partial charge in [-0.15, -0.1) is 0 Å². The van der Waals surface area contributed by atoms with E-state index < -0.39 is 0 Å². The summed E-state index contributed by atoms with van der Waals surface area (Å²) in [4.78, 5) is 0. The van der Waals surface area contributed by atoms with Crippen molar-refractivity contribution in [1.82, 2.24) is 0 Å². The molecule has 0 heterocycles. The van der Waals surface area contributed by atoms with E-state index in [1.807, 2.05) is 0 Å². The summed E-state index contributed by atoms with van der Waals surface area (Å²) >= 11 is 0. The second-order valence-corrected chi connectivity index (χ2v) is 9.13. The molecular formula is C25H38. The molecule has 0 saturated heterocycles. The lowest BCUT2D eigenvalue weighted by Gasteiger charge is -2.26. The summed E-state index contributed by atoms with van der Waals surface area (Å²) < 4.78 is 0. The van der Waals surface area contributed by atoms with Crippen LogP contribution in [-0.4, -0.2) is 0 Å². The lowest BCUT2D eigenvalue weighted by molar-refractivity contribution is 0.568. The Morgan fingerprint density at radius 1 is 0.920 bits per heavy atom. The fourth-order valence-electron chi connectivity index (χ4n) is 2.68. The quantitative estimate of drug-likeness (QED) is 0.477. The van der Waals surface area contributed by atoms with Crippen LogP contribution in [0.15, 0.2) is 48.1 Å². The minimum atomic E-state index is 0.157. The molecule has 0 nitrogen and oxygen atoms in total. The Hall–Kier alpha value is -1.56. The molecule has 25 heavy (non-hydrogen) atoms. The van der Waals surface area contributed by atoms with E-state index in [0.717, 1.165) is 12.8 Å². The SMILES string of the molecule is C/C=C(C)/C=C/C=C(CCC)c1cc(C(C)(C)C)cc(C(C)(C)C)c1. The van der Waals surface area contributed by atoms with E-state index in [9.17, 15) is 0 Å². The van der Waals surface area contributed by atoms with Crippen LogP contribution in [0.5, 0.6) is 0 Å². The van der Waals surface area contributed by atoms with Crippen molar-refractivity contribution in [3.63, 3.8) is 0 Å². The van der Waals surface area contributed by atoms with Gasteiger partial charge in [0.05, 0.1) is 0 Å². The molecule has 138 valence electrons. The molecule has 0 aromatic heterocycles. The van der Waals surface area contributed by atoms with Crippen LogP contribution in [-0.2, 0) is 10.8 Å². The van der Waals surface area contributed by atoms with Crippen molar-refractivity contribution in [2.75, 3.05) is 0 Å². The smallest absolute Gasteiger partial charge is 0.0132 e. The molecule has 0 heteroatoms. The lowest BCUT2D eigenvalue weighted by Crippen LogP contribution is -2.17. The molecular weight excluding hydrogens is 300 g/mol. The molecule has 0 N–H and O–H groups in total. The van der Waals surface area contributed by atoms with Gasteiger partial charge in [-0.3, -0.25) is 0 Å². The molecule has 0 aliphatic heterocycles. The molecule has 0 amide bonds. The van der Waals surface area contributed by atoms with Crippen LogP contribution in [0.3, 0.4) is 0 Å². The van der Waals surface area contributed by atoms with Gasteiger partial charge >= 0.3 is 0 Å². The molecule has 1 rings (SSSR count). The second kappa shape index (κ2) is 8.70. The Labute approximate surface area is 156 Å². The topological polar surface area (TPSA) is 0 Å². The molecule has 0 spiro atoms. The minimum absolute atomic E-state index is 0.157. The van der Waals surface area contributed by atoms with Gasteiger partial charge in [0.2, 0.25) is 0 Å². The van der Waals surface area contributed by atoms with Crippen molar-refractivity contribution in [2.24, 2.45) is 0 Å². The van der Waals surface area contributed by atoms with Crippen LogP contribution in [0, 0.1) is 0 Å². The molecule has 1 aromatic rings. The van der Waals surface area contributed by atoms with E-state index in [0.29, 0.717) is 0 Å². The van der Waals surface area contributed by atoms with Crippen molar-refractivity contribution < 1.29 is 0 Å². The van der Waals surface area contributed by atoms with Gasteiger partial charge in [-0.2, -0.15) is 0 Å². The van der Waals surface area contributed by atoms with Crippen LogP contribution < -0.4 is 0 Å². The molecule has 0 saturated carbocycles. The van der Waals surface area contributed by atoms with Gasteiger partial charge in [-0.05, 0) is 53.4 Å². The maximum Gasteiger partial charge on any atom is -0.0132 e. The Kier molecular flexibility index (Phi) is 7.47. The zero-order chi connectivity index (χ0) is 19.3. The summed E-state index contributed by atoms with van der Waals surface area (Å²) in [5.41, 5.74) is 7.26. The molecule has 0 fully saturated rings. The van der Waals surface area contributed by atoms with Gasteiger partial charge in [0, 0.05) is 0 Å². The van der Waals surface area contributed by atoms with E-state index >= 15 is 0 Å². The fourth-order valence-corrected chi connectivity index (χ4v) is 2.68. The molecule has 0 bridgehead atoms. The number of rotatable bonds is 5. The maximum absolute atomic E-state index is 2.40. The standard InChI is InChI=1S/C25H38/c1-10-13-20(15-12-14-19(3)11-2)21-16-22(24(4,5)6)18-23(17-21)25(7,8)9/h11-12,14-18H,10,13H2,1-9H3/b14-12+,19-11+,20-15?. The number of hydrogen-bond acceptors (Lipinski definition) is 0. The van der Waals surface area contributed by atoms with Gasteiger partial charge < -0.3 is 0 Å². The van der Waals surface area contributed by atoms with Crippen molar-refractivity contribution in [3.05, 3.63) is 64.8 Å². The summed E-state index contributed by atoms with van der Waals surface area (Å²) in [5.74, 6) is 0. The summed E-state index contributed by atoms with van der Waals surface area (Å²) in [6, 6.07) is 7.19. The number of benzene rings is 1. The summed E-state index contributed by atoms with van der Waals surface area (Å²) in [5, 5.41) is 0.